The van der Waals surface area contributed by atoms with Gasteiger partial charge in [-0.1, -0.05) is 184 Å². The van der Waals surface area contributed by atoms with Gasteiger partial charge in [-0.05, 0) is 125 Å². The van der Waals surface area contributed by atoms with E-state index >= 15 is 0 Å². The first-order chi connectivity index (χ1) is 40.7. The summed E-state index contributed by atoms with van der Waals surface area (Å²) in [5.41, 5.74) is 15.2. The lowest BCUT2D eigenvalue weighted by Crippen LogP contribution is -2.27. The predicted octanol–water partition coefficient (Wildman–Crippen LogP) is 21.5. The van der Waals surface area contributed by atoms with Gasteiger partial charge in [0.25, 0.3) is 0 Å². The number of rotatable bonds is 5. The van der Waals surface area contributed by atoms with Gasteiger partial charge in [-0.25, -0.2) is 0 Å². The van der Waals surface area contributed by atoms with E-state index in [-0.39, 0.29) is 0 Å². The highest BCUT2D eigenvalue weighted by Gasteiger charge is 2.24. The zero-order valence-electron chi connectivity index (χ0n) is 45.0. The van der Waals surface area contributed by atoms with Crippen LogP contribution in [0.3, 0.4) is 0 Å². The highest BCUT2D eigenvalue weighted by molar-refractivity contribution is 7.27. The van der Waals surface area contributed by atoms with Gasteiger partial charge < -0.3 is 9.13 Å². The fourth-order valence-corrected chi connectivity index (χ4v) is 18.3. The number of hydrogen-bond donors (Lipinski definition) is 0. The van der Waals surface area contributed by atoms with Crippen LogP contribution in [0.25, 0.3) is 154 Å². The Morgan fingerprint density at radius 3 is 1.35 bits per heavy atom. The summed E-state index contributed by atoms with van der Waals surface area (Å²) in [4.78, 5) is 0. The van der Waals surface area contributed by atoms with E-state index in [9.17, 15) is 0 Å². The molecule has 2 aliphatic carbocycles. The maximum Gasteiger partial charge on any atom is 0.0640 e. The van der Waals surface area contributed by atoms with E-state index in [0.717, 1.165) is 12.8 Å². The molecule has 16 aromatic rings. The van der Waals surface area contributed by atoms with Crippen LogP contribution in [0.15, 0.2) is 236 Å². The van der Waals surface area contributed by atoms with Gasteiger partial charge in [0.15, 0.2) is 0 Å². The van der Waals surface area contributed by atoms with Crippen molar-refractivity contribution in [2.75, 3.05) is 0 Å². The monoisotopic (exact) mass is 1120 g/mol. The van der Waals surface area contributed by atoms with Crippen LogP contribution in [-0.2, 0) is 6.42 Å². The quantitative estimate of drug-likeness (QED) is 0.163. The minimum atomic E-state index is 0.803. The van der Waals surface area contributed by atoms with Crippen LogP contribution in [0.5, 0.6) is 0 Å². The molecule has 0 saturated heterocycles. The maximum absolute atomic E-state index is 2.57. The molecule has 0 saturated carbocycles. The van der Waals surface area contributed by atoms with Crippen molar-refractivity contribution in [3.8, 4) is 33.6 Å². The fraction of sp³-hybridized carbons (Fsp3) is 0.0526. The van der Waals surface area contributed by atoms with Crippen LogP contribution in [0, 0.1) is 0 Å². The minimum absolute atomic E-state index is 0.803. The van der Waals surface area contributed by atoms with Crippen molar-refractivity contribution < 1.29 is 0 Å². The summed E-state index contributed by atoms with van der Waals surface area (Å²) < 4.78 is 15.7. The average Bonchev–Trinajstić information content (AvgIpc) is 4.03. The Bertz CT molecular complexity index is 5620. The Morgan fingerprint density at radius 2 is 0.805 bits per heavy atom. The number of fused-ring (bicyclic) bond motifs is 18. The van der Waals surface area contributed by atoms with Gasteiger partial charge in [0.2, 0.25) is 0 Å². The van der Waals surface area contributed by atoms with Gasteiger partial charge in [-0.15, -0.1) is 45.3 Å². The SMILES string of the molecule is C1=Cc2c(c3cc(-c4cccc5c4sc4ccccc45)ccc3n2-c2cccc3c2sc2ccccc23)CC=C1C1=CC=c2c(c3cc(-c4cccc5c4sc4ccccc45)ccc3n2-c2cccc3c2sc2ccccc23)=CC1.CC. The number of benzene rings is 10. The summed E-state index contributed by atoms with van der Waals surface area (Å²) >= 11 is 7.61. The number of thiophene rings is 4. The highest BCUT2D eigenvalue weighted by Crippen LogP contribution is 2.46. The average molecular weight is 1120 g/mol. The first-order valence-corrected chi connectivity index (χ1v) is 31.7. The molecule has 0 atom stereocenters. The van der Waals surface area contributed by atoms with Crippen molar-refractivity contribution in [1.29, 1.82) is 0 Å². The molecule has 2 aliphatic rings. The van der Waals surface area contributed by atoms with Crippen LogP contribution in [0.2, 0.25) is 0 Å². The molecule has 18 rings (SSSR count). The Labute approximate surface area is 489 Å². The molecule has 0 amide bonds. The first kappa shape index (κ1) is 47.9. The number of allylic oxidation sites excluding steroid dienone is 5. The molecule has 6 heterocycles. The van der Waals surface area contributed by atoms with E-state index in [4.69, 9.17) is 0 Å². The summed E-state index contributed by atoms with van der Waals surface area (Å²) in [7, 11) is 0. The van der Waals surface area contributed by atoms with Gasteiger partial charge in [0.05, 0.1) is 42.9 Å². The highest BCUT2D eigenvalue weighted by atomic mass is 32.1. The van der Waals surface area contributed by atoms with Crippen LogP contribution in [0.1, 0.15) is 31.5 Å². The zero-order chi connectivity index (χ0) is 54.2. The number of nitrogens with zero attached hydrogens (tertiary/aromatic N) is 2. The number of hydrogen-bond acceptors (Lipinski definition) is 4. The van der Waals surface area contributed by atoms with E-state index in [0.29, 0.717) is 0 Å². The molecule has 0 unspecified atom stereocenters. The molecule has 0 spiro atoms. The Balaban J connectivity index is 0.00000264. The van der Waals surface area contributed by atoms with E-state index in [1.165, 1.54) is 169 Å². The standard InChI is InChI=1S/C74H44N2S4.C2H6/c1-5-25-67-51(13-1)55-19-9-17-47(71(55)77-67)45-33-39-63-59(41-45)49-35-29-43(31-37-61(49)75(63)65-23-11-21-57-53-15-3-7-27-69(53)79-73(57)65)44-30-36-50-60-42-46(48-18-10-20-56-52-14-2-6-26-68(52)78-72(48)56)34-40-64(60)76(62(50)38-32-44)66-24-12-22-58-54-16-4-8-28-70(54)80-74(58)66;1-2/h1-29,31-34,36-42H,30,35H2;1-2H3. The van der Waals surface area contributed by atoms with Crippen molar-refractivity contribution in [2.24, 2.45) is 0 Å². The number of aromatic nitrogens is 2. The Morgan fingerprint density at radius 1 is 0.354 bits per heavy atom. The molecule has 82 heavy (non-hydrogen) atoms. The van der Waals surface area contributed by atoms with Gasteiger partial charge >= 0.3 is 0 Å². The third kappa shape index (κ3) is 7.15. The largest absolute Gasteiger partial charge is 0.308 e. The molecule has 0 N–H and O–H groups in total. The van der Waals surface area contributed by atoms with E-state index in [2.05, 4.69) is 252 Å². The molecule has 0 fully saturated rings. The van der Waals surface area contributed by atoms with Gasteiger partial charge in [0, 0.05) is 87.3 Å². The van der Waals surface area contributed by atoms with Gasteiger partial charge in [-0.3, -0.25) is 0 Å². The first-order valence-electron chi connectivity index (χ1n) is 28.4. The second-order valence-electron chi connectivity index (χ2n) is 21.3. The molecule has 2 nitrogen and oxygen atoms in total. The van der Waals surface area contributed by atoms with Crippen molar-refractivity contribution >= 4 is 166 Å². The van der Waals surface area contributed by atoms with Crippen molar-refractivity contribution in [2.45, 2.75) is 26.7 Å². The molecular weight excluding hydrogens is 1070 g/mol. The normalized spacial score (nSPS) is 13.4. The molecule has 0 aliphatic heterocycles. The lowest BCUT2D eigenvalue weighted by Gasteiger charge is -2.11. The smallest absolute Gasteiger partial charge is 0.0640 e. The van der Waals surface area contributed by atoms with Crippen LogP contribution in [0.4, 0.5) is 0 Å². The molecule has 388 valence electrons. The summed E-state index contributed by atoms with van der Waals surface area (Å²) in [6.07, 6.45) is 16.3. The minimum Gasteiger partial charge on any atom is -0.308 e. The second kappa shape index (κ2) is 18.8. The molecule has 6 heteroatoms. The summed E-state index contributed by atoms with van der Waals surface area (Å²) in [5, 5.41) is 15.6. The van der Waals surface area contributed by atoms with Crippen molar-refractivity contribution in [3.05, 3.63) is 257 Å². The van der Waals surface area contributed by atoms with Crippen LogP contribution < -0.4 is 10.6 Å². The predicted molar refractivity (Wildman–Crippen MR) is 362 cm³/mol. The second-order valence-corrected chi connectivity index (χ2v) is 25.5. The van der Waals surface area contributed by atoms with E-state index < -0.39 is 0 Å². The fourth-order valence-electron chi connectivity index (χ4n) is 13.5. The molecule has 0 bridgehead atoms. The zero-order valence-corrected chi connectivity index (χ0v) is 48.3. The Hall–Kier alpha value is -8.88. The third-order valence-electron chi connectivity index (χ3n) is 17.1. The molecular formula is C76H50N2S4. The van der Waals surface area contributed by atoms with Crippen molar-refractivity contribution in [3.63, 3.8) is 0 Å². The summed E-state index contributed by atoms with van der Waals surface area (Å²) in [5.74, 6) is 0. The van der Waals surface area contributed by atoms with Gasteiger partial charge in [0.1, 0.15) is 0 Å². The summed E-state index contributed by atoms with van der Waals surface area (Å²) in [6, 6.07) is 77.3. The molecule has 0 radical (unpaired) electrons. The van der Waals surface area contributed by atoms with Gasteiger partial charge in [-0.2, -0.15) is 0 Å². The van der Waals surface area contributed by atoms with Crippen LogP contribution >= 0.6 is 45.3 Å². The molecule has 6 aromatic heterocycles. The lowest BCUT2D eigenvalue weighted by atomic mass is 9.98. The van der Waals surface area contributed by atoms with Crippen LogP contribution in [-0.4, -0.2) is 9.13 Å². The Kier molecular flexibility index (Phi) is 11.0. The summed E-state index contributed by atoms with van der Waals surface area (Å²) in [6.45, 7) is 4.00. The maximum atomic E-state index is 2.57. The topological polar surface area (TPSA) is 9.86 Å². The van der Waals surface area contributed by atoms with E-state index in [1.54, 1.807) is 0 Å². The van der Waals surface area contributed by atoms with E-state index in [1.807, 2.05) is 59.2 Å². The lowest BCUT2D eigenvalue weighted by molar-refractivity contribution is 1.09. The molecule has 10 aromatic carbocycles. The third-order valence-corrected chi connectivity index (χ3v) is 22.0. The van der Waals surface area contributed by atoms with Crippen molar-refractivity contribution in [1.82, 2.24) is 9.13 Å².